The van der Waals surface area contributed by atoms with Crippen LogP contribution in [0.1, 0.15) is 13.3 Å². The molecule has 6 nitrogen and oxygen atoms in total. The molecule has 110 valence electrons. The van der Waals surface area contributed by atoms with Crippen molar-refractivity contribution in [3.8, 4) is 11.5 Å². The lowest BCUT2D eigenvalue weighted by molar-refractivity contribution is -0.145. The van der Waals surface area contributed by atoms with Crippen molar-refractivity contribution in [1.82, 2.24) is 5.32 Å². The minimum atomic E-state index is -0.651. The van der Waals surface area contributed by atoms with Crippen molar-refractivity contribution in [2.75, 3.05) is 20.8 Å². The molecule has 0 radical (unpaired) electrons. The average Bonchev–Trinajstić information content (AvgIpc) is 2.50. The van der Waals surface area contributed by atoms with Gasteiger partial charge in [-0.1, -0.05) is 13.0 Å². The normalized spacial score (nSPS) is 11.3. The molecule has 1 amide bonds. The summed E-state index contributed by atoms with van der Waals surface area (Å²) in [6.07, 6.45) is 0.456. The molecule has 0 aromatic heterocycles. The summed E-state index contributed by atoms with van der Waals surface area (Å²) in [5.41, 5.74) is 0. The summed E-state index contributed by atoms with van der Waals surface area (Å²) in [6.45, 7) is 1.60. The van der Waals surface area contributed by atoms with Gasteiger partial charge in [-0.15, -0.1) is 0 Å². The molecule has 20 heavy (non-hydrogen) atoms. The Hall–Kier alpha value is -2.24. The molecule has 0 spiro atoms. The Bertz CT molecular complexity index is 461. The van der Waals surface area contributed by atoms with Gasteiger partial charge in [0.2, 0.25) is 0 Å². The third-order valence-electron chi connectivity index (χ3n) is 2.64. The predicted octanol–water partition coefficient (Wildman–Crippen LogP) is 1.14. The second kappa shape index (κ2) is 8.04. The van der Waals surface area contributed by atoms with Gasteiger partial charge in [0.1, 0.15) is 17.5 Å². The van der Waals surface area contributed by atoms with Crippen molar-refractivity contribution in [3.63, 3.8) is 0 Å². The standard InChI is InChI=1S/C14H19NO5/c1-4-12(14(17)19-3)15-13(16)9-20-11-7-5-6-10(8-11)18-2/h5-8,12H,4,9H2,1-3H3,(H,15,16). The van der Waals surface area contributed by atoms with Gasteiger partial charge in [0.15, 0.2) is 6.61 Å². The molecule has 1 aromatic rings. The first-order valence-corrected chi connectivity index (χ1v) is 6.24. The fourth-order valence-corrected chi connectivity index (χ4v) is 1.55. The van der Waals surface area contributed by atoms with E-state index in [9.17, 15) is 9.59 Å². The van der Waals surface area contributed by atoms with Gasteiger partial charge in [-0.3, -0.25) is 4.79 Å². The quantitative estimate of drug-likeness (QED) is 0.759. The Morgan fingerprint density at radius 2 is 1.95 bits per heavy atom. The highest BCUT2D eigenvalue weighted by Gasteiger charge is 2.19. The van der Waals surface area contributed by atoms with Crippen molar-refractivity contribution >= 4 is 11.9 Å². The summed E-state index contributed by atoms with van der Waals surface area (Å²) in [7, 11) is 2.83. The number of amides is 1. The topological polar surface area (TPSA) is 73.9 Å². The van der Waals surface area contributed by atoms with Crippen LogP contribution in [0.25, 0.3) is 0 Å². The van der Waals surface area contributed by atoms with Crippen molar-refractivity contribution in [1.29, 1.82) is 0 Å². The van der Waals surface area contributed by atoms with Crippen molar-refractivity contribution in [2.24, 2.45) is 0 Å². The summed E-state index contributed by atoms with van der Waals surface area (Å²) >= 11 is 0. The number of rotatable bonds is 7. The Kier molecular flexibility index (Phi) is 6.36. The Balaban J connectivity index is 2.48. The molecule has 0 heterocycles. The first-order chi connectivity index (χ1) is 9.60. The average molecular weight is 281 g/mol. The fraction of sp³-hybridized carbons (Fsp3) is 0.429. The number of benzene rings is 1. The molecular weight excluding hydrogens is 262 g/mol. The van der Waals surface area contributed by atoms with E-state index < -0.39 is 12.0 Å². The van der Waals surface area contributed by atoms with E-state index in [1.165, 1.54) is 7.11 Å². The second-order valence-electron chi connectivity index (χ2n) is 4.02. The summed E-state index contributed by atoms with van der Waals surface area (Å²) in [5.74, 6) is 0.307. The molecule has 1 atom stereocenters. The van der Waals surface area contributed by atoms with Crippen LogP contribution in [0, 0.1) is 0 Å². The lowest BCUT2D eigenvalue weighted by Crippen LogP contribution is -2.43. The van der Waals surface area contributed by atoms with E-state index in [0.29, 0.717) is 17.9 Å². The van der Waals surface area contributed by atoms with Crippen LogP contribution in [0.15, 0.2) is 24.3 Å². The summed E-state index contributed by atoms with van der Waals surface area (Å²) in [5, 5.41) is 2.55. The molecular formula is C14H19NO5. The summed E-state index contributed by atoms with van der Waals surface area (Å²) < 4.78 is 15.0. The molecule has 0 bridgehead atoms. The molecule has 0 aliphatic carbocycles. The lowest BCUT2D eigenvalue weighted by Gasteiger charge is -2.14. The van der Waals surface area contributed by atoms with Gasteiger partial charge >= 0.3 is 5.97 Å². The van der Waals surface area contributed by atoms with Crippen LogP contribution < -0.4 is 14.8 Å². The Morgan fingerprint density at radius 1 is 1.25 bits per heavy atom. The van der Waals surface area contributed by atoms with Gasteiger partial charge in [0.05, 0.1) is 14.2 Å². The summed E-state index contributed by atoms with van der Waals surface area (Å²) in [4.78, 5) is 23.0. The predicted molar refractivity (Wildman–Crippen MR) is 72.7 cm³/mol. The molecule has 0 aliphatic rings. The maximum Gasteiger partial charge on any atom is 0.328 e. The van der Waals surface area contributed by atoms with Gasteiger partial charge in [0, 0.05) is 6.07 Å². The number of methoxy groups -OCH3 is 2. The van der Waals surface area contributed by atoms with E-state index >= 15 is 0 Å². The van der Waals surface area contributed by atoms with Gasteiger partial charge < -0.3 is 19.5 Å². The van der Waals surface area contributed by atoms with E-state index in [1.54, 1.807) is 38.3 Å². The van der Waals surface area contributed by atoms with Crippen molar-refractivity contribution in [3.05, 3.63) is 24.3 Å². The number of carbonyl (C=O) groups is 2. The minimum absolute atomic E-state index is 0.180. The van der Waals surface area contributed by atoms with Crippen molar-refractivity contribution in [2.45, 2.75) is 19.4 Å². The number of hydrogen-bond donors (Lipinski definition) is 1. The van der Waals surface area contributed by atoms with Gasteiger partial charge in [-0.2, -0.15) is 0 Å². The third kappa shape index (κ3) is 4.79. The van der Waals surface area contributed by atoms with Gasteiger partial charge in [-0.05, 0) is 18.6 Å². The molecule has 1 unspecified atom stereocenters. The van der Waals surface area contributed by atoms with Crippen molar-refractivity contribution < 1.29 is 23.8 Å². The minimum Gasteiger partial charge on any atom is -0.497 e. The van der Waals surface area contributed by atoms with Crippen LogP contribution in [0.3, 0.4) is 0 Å². The molecule has 1 aromatic carbocycles. The zero-order valence-electron chi connectivity index (χ0n) is 11.8. The van der Waals surface area contributed by atoms with Gasteiger partial charge in [-0.25, -0.2) is 4.79 Å². The SMILES string of the molecule is CCC(NC(=O)COc1cccc(OC)c1)C(=O)OC. The maximum absolute atomic E-state index is 11.7. The number of esters is 1. The largest absolute Gasteiger partial charge is 0.497 e. The van der Waals surface area contributed by atoms with Crippen LogP contribution in [0.5, 0.6) is 11.5 Å². The highest BCUT2D eigenvalue weighted by molar-refractivity contribution is 5.85. The molecule has 0 aliphatic heterocycles. The molecule has 1 rings (SSSR count). The maximum atomic E-state index is 11.7. The third-order valence-corrected chi connectivity index (χ3v) is 2.64. The van der Waals surface area contributed by atoms with Crippen LogP contribution in [0.4, 0.5) is 0 Å². The highest BCUT2D eigenvalue weighted by Crippen LogP contribution is 2.18. The highest BCUT2D eigenvalue weighted by atomic mass is 16.5. The molecule has 0 saturated heterocycles. The second-order valence-corrected chi connectivity index (χ2v) is 4.02. The van der Waals surface area contributed by atoms with E-state index in [-0.39, 0.29) is 12.5 Å². The number of carbonyl (C=O) groups excluding carboxylic acids is 2. The Morgan fingerprint density at radius 3 is 2.55 bits per heavy atom. The number of ether oxygens (including phenoxy) is 3. The van der Waals surface area contributed by atoms with Crippen LogP contribution in [-0.4, -0.2) is 38.7 Å². The van der Waals surface area contributed by atoms with E-state index in [4.69, 9.17) is 9.47 Å². The van der Waals surface area contributed by atoms with Crippen LogP contribution in [-0.2, 0) is 14.3 Å². The fourth-order valence-electron chi connectivity index (χ4n) is 1.55. The molecule has 0 fully saturated rings. The molecule has 1 N–H and O–H groups in total. The lowest BCUT2D eigenvalue weighted by atomic mass is 10.2. The van der Waals surface area contributed by atoms with Gasteiger partial charge in [0.25, 0.3) is 5.91 Å². The smallest absolute Gasteiger partial charge is 0.328 e. The first-order valence-electron chi connectivity index (χ1n) is 6.24. The molecule has 0 saturated carbocycles. The van der Waals surface area contributed by atoms with Crippen LogP contribution >= 0.6 is 0 Å². The zero-order chi connectivity index (χ0) is 15.0. The molecule has 6 heteroatoms. The number of hydrogen-bond acceptors (Lipinski definition) is 5. The van der Waals surface area contributed by atoms with E-state index in [1.807, 2.05) is 0 Å². The first kappa shape index (κ1) is 15.8. The van der Waals surface area contributed by atoms with Crippen LogP contribution in [0.2, 0.25) is 0 Å². The number of nitrogens with one attached hydrogen (secondary N) is 1. The monoisotopic (exact) mass is 281 g/mol. The van der Waals surface area contributed by atoms with E-state index in [2.05, 4.69) is 10.1 Å². The Labute approximate surface area is 118 Å². The van der Waals surface area contributed by atoms with E-state index in [0.717, 1.165) is 0 Å². The zero-order valence-corrected chi connectivity index (χ0v) is 11.8. The summed E-state index contributed by atoms with van der Waals surface area (Å²) in [6, 6.07) is 6.27.